The molecule has 0 aliphatic carbocycles. The predicted molar refractivity (Wildman–Crippen MR) is 73.2 cm³/mol. The number of allylic oxidation sites excluding steroid dienone is 1. The number of phenolic OH excluding ortho intramolecular Hbond substituents is 2. The molecule has 0 aromatic heterocycles. The second-order valence-electron chi connectivity index (χ2n) is 4.77. The maximum absolute atomic E-state index is 13.5. The molecule has 2 N–H and O–H groups in total. The van der Waals surface area contributed by atoms with E-state index in [2.05, 4.69) is 0 Å². The Morgan fingerprint density at radius 2 is 2.00 bits per heavy atom. The van der Waals surface area contributed by atoms with Crippen LogP contribution in [0.1, 0.15) is 16.7 Å². The van der Waals surface area contributed by atoms with Crippen LogP contribution in [0.25, 0.3) is 6.08 Å². The highest BCUT2D eigenvalue weighted by atomic mass is 19.1. The number of benzene rings is 2. The molecule has 1 aliphatic rings. The van der Waals surface area contributed by atoms with Crippen molar-refractivity contribution in [1.82, 2.24) is 0 Å². The van der Waals surface area contributed by atoms with Gasteiger partial charge in [0, 0.05) is 12.0 Å². The molecule has 0 saturated heterocycles. The Labute approximate surface area is 115 Å². The number of ether oxygens (including phenoxy) is 1. The van der Waals surface area contributed by atoms with E-state index in [1.165, 1.54) is 12.1 Å². The molecule has 4 heteroatoms. The smallest absolute Gasteiger partial charge is 0.201 e. The van der Waals surface area contributed by atoms with Crippen molar-refractivity contribution in [3.8, 4) is 17.2 Å². The molecule has 0 fully saturated rings. The number of phenols is 2. The van der Waals surface area contributed by atoms with Crippen LogP contribution in [-0.2, 0) is 6.42 Å². The first-order chi connectivity index (χ1) is 9.56. The lowest BCUT2D eigenvalue weighted by atomic mass is 10.1. The third-order valence-electron chi connectivity index (χ3n) is 3.42. The van der Waals surface area contributed by atoms with Crippen molar-refractivity contribution in [3.63, 3.8) is 0 Å². The molecule has 0 atom stereocenters. The molecule has 0 amide bonds. The molecule has 2 aromatic rings. The highest BCUT2D eigenvalue weighted by Gasteiger charge is 2.23. The van der Waals surface area contributed by atoms with Crippen LogP contribution in [0, 0.1) is 12.7 Å². The van der Waals surface area contributed by atoms with E-state index in [9.17, 15) is 14.6 Å². The first-order valence-corrected chi connectivity index (χ1v) is 6.23. The Morgan fingerprint density at radius 1 is 1.20 bits per heavy atom. The van der Waals surface area contributed by atoms with E-state index in [0.717, 1.165) is 11.1 Å². The lowest BCUT2D eigenvalue weighted by Gasteiger charge is -2.05. The zero-order chi connectivity index (χ0) is 14.3. The largest absolute Gasteiger partial charge is 0.504 e. The molecule has 102 valence electrons. The maximum Gasteiger partial charge on any atom is 0.201 e. The summed E-state index contributed by atoms with van der Waals surface area (Å²) in [6.45, 7) is 1.70. The van der Waals surface area contributed by atoms with Crippen LogP contribution < -0.4 is 4.74 Å². The quantitative estimate of drug-likeness (QED) is 0.781. The van der Waals surface area contributed by atoms with Crippen molar-refractivity contribution in [1.29, 1.82) is 0 Å². The minimum atomic E-state index is -0.268. The van der Waals surface area contributed by atoms with Gasteiger partial charge in [0.15, 0.2) is 11.5 Å². The molecule has 20 heavy (non-hydrogen) atoms. The van der Waals surface area contributed by atoms with E-state index in [-0.39, 0.29) is 23.1 Å². The maximum atomic E-state index is 13.5. The first-order valence-electron chi connectivity index (χ1n) is 6.23. The fourth-order valence-electron chi connectivity index (χ4n) is 2.24. The summed E-state index contributed by atoms with van der Waals surface area (Å²) < 4.78 is 19.0. The molecule has 0 saturated carbocycles. The summed E-state index contributed by atoms with van der Waals surface area (Å²) in [6, 6.07) is 7.97. The van der Waals surface area contributed by atoms with Crippen molar-refractivity contribution in [2.75, 3.05) is 0 Å². The Bertz CT molecular complexity index is 720. The van der Waals surface area contributed by atoms with E-state index in [0.29, 0.717) is 17.7 Å². The van der Waals surface area contributed by atoms with Gasteiger partial charge in [0.1, 0.15) is 11.6 Å². The average molecular weight is 272 g/mol. The van der Waals surface area contributed by atoms with E-state index in [1.54, 1.807) is 31.2 Å². The van der Waals surface area contributed by atoms with Gasteiger partial charge in [-0.15, -0.1) is 0 Å². The summed E-state index contributed by atoms with van der Waals surface area (Å²) in [7, 11) is 0. The molecule has 1 aliphatic heterocycles. The highest BCUT2D eigenvalue weighted by molar-refractivity contribution is 5.63. The SMILES string of the molecule is Cc1c(F)cccc1C=C1Cc2ccc(O)c(O)c2O1. The third-order valence-corrected chi connectivity index (χ3v) is 3.42. The standard InChI is InChI=1S/C16H13FO3/c1-9-10(3-2-4-13(9)17)7-12-8-11-5-6-14(18)15(19)16(11)20-12/h2-7,18-19H,8H2,1H3. The molecule has 0 radical (unpaired) electrons. The van der Waals surface area contributed by atoms with Gasteiger partial charge in [0.25, 0.3) is 0 Å². The molecule has 3 rings (SSSR count). The molecular formula is C16H13FO3. The van der Waals surface area contributed by atoms with Gasteiger partial charge in [0.05, 0.1) is 0 Å². The fraction of sp³-hybridized carbons (Fsp3) is 0.125. The van der Waals surface area contributed by atoms with Crippen LogP contribution in [0.2, 0.25) is 0 Å². The average Bonchev–Trinajstić information content (AvgIpc) is 2.83. The number of fused-ring (bicyclic) bond motifs is 1. The summed E-state index contributed by atoms with van der Waals surface area (Å²) in [6.07, 6.45) is 2.24. The highest BCUT2D eigenvalue weighted by Crippen LogP contribution is 2.44. The zero-order valence-electron chi connectivity index (χ0n) is 10.9. The minimum Gasteiger partial charge on any atom is -0.504 e. The van der Waals surface area contributed by atoms with Crippen molar-refractivity contribution < 1.29 is 19.3 Å². The van der Waals surface area contributed by atoms with Crippen molar-refractivity contribution in [3.05, 3.63) is 58.6 Å². The Kier molecular flexibility index (Phi) is 2.86. The fourth-order valence-corrected chi connectivity index (χ4v) is 2.24. The van der Waals surface area contributed by atoms with Crippen LogP contribution in [-0.4, -0.2) is 10.2 Å². The minimum absolute atomic E-state index is 0.216. The van der Waals surface area contributed by atoms with Gasteiger partial charge in [0.2, 0.25) is 5.75 Å². The van der Waals surface area contributed by atoms with Crippen LogP contribution >= 0.6 is 0 Å². The van der Waals surface area contributed by atoms with E-state index in [1.807, 2.05) is 0 Å². The van der Waals surface area contributed by atoms with Gasteiger partial charge >= 0.3 is 0 Å². The normalized spacial score (nSPS) is 15.2. The molecule has 2 aromatic carbocycles. The van der Waals surface area contributed by atoms with Crippen LogP contribution in [0.15, 0.2) is 36.1 Å². The lowest BCUT2D eigenvalue weighted by Crippen LogP contribution is -1.91. The van der Waals surface area contributed by atoms with Crippen molar-refractivity contribution in [2.24, 2.45) is 0 Å². The van der Waals surface area contributed by atoms with Gasteiger partial charge in [-0.1, -0.05) is 18.2 Å². The summed E-state index contributed by atoms with van der Waals surface area (Å²) in [5, 5.41) is 19.2. The zero-order valence-corrected chi connectivity index (χ0v) is 10.9. The van der Waals surface area contributed by atoms with Crippen LogP contribution in [0.3, 0.4) is 0 Å². The Morgan fingerprint density at radius 3 is 2.80 bits per heavy atom. The lowest BCUT2D eigenvalue weighted by molar-refractivity contribution is 0.368. The molecule has 0 spiro atoms. The number of aromatic hydroxyl groups is 2. The number of rotatable bonds is 1. The molecule has 0 unspecified atom stereocenters. The molecule has 3 nitrogen and oxygen atoms in total. The summed E-state index contributed by atoms with van der Waals surface area (Å²) in [5.74, 6) is 0.129. The first kappa shape index (κ1) is 12.5. The van der Waals surface area contributed by atoms with Gasteiger partial charge in [-0.3, -0.25) is 0 Å². The van der Waals surface area contributed by atoms with E-state index < -0.39 is 0 Å². The number of hydrogen-bond acceptors (Lipinski definition) is 3. The monoisotopic (exact) mass is 272 g/mol. The van der Waals surface area contributed by atoms with Crippen molar-refractivity contribution in [2.45, 2.75) is 13.3 Å². The van der Waals surface area contributed by atoms with Crippen molar-refractivity contribution >= 4 is 6.08 Å². The second-order valence-corrected chi connectivity index (χ2v) is 4.77. The van der Waals surface area contributed by atoms with Gasteiger partial charge in [-0.2, -0.15) is 0 Å². The number of halogens is 1. The summed E-state index contributed by atoms with van der Waals surface area (Å²) in [4.78, 5) is 0. The van der Waals surface area contributed by atoms with E-state index in [4.69, 9.17) is 4.74 Å². The topological polar surface area (TPSA) is 49.7 Å². The third kappa shape index (κ3) is 1.99. The molecule has 0 bridgehead atoms. The molecular weight excluding hydrogens is 259 g/mol. The number of hydrogen-bond donors (Lipinski definition) is 2. The summed E-state index contributed by atoms with van der Waals surface area (Å²) >= 11 is 0. The van der Waals surface area contributed by atoms with Crippen LogP contribution in [0.4, 0.5) is 4.39 Å². The second kappa shape index (κ2) is 4.56. The Hall–Kier alpha value is -2.49. The Balaban J connectivity index is 1.97. The molecule has 1 heterocycles. The predicted octanol–water partition coefficient (Wildman–Crippen LogP) is 3.52. The summed E-state index contributed by atoms with van der Waals surface area (Å²) in [5.41, 5.74) is 2.07. The van der Waals surface area contributed by atoms with Crippen LogP contribution in [0.5, 0.6) is 17.2 Å². The van der Waals surface area contributed by atoms with Gasteiger partial charge < -0.3 is 14.9 Å². The van der Waals surface area contributed by atoms with Gasteiger partial charge in [-0.25, -0.2) is 4.39 Å². The van der Waals surface area contributed by atoms with E-state index >= 15 is 0 Å². The van der Waals surface area contributed by atoms with Gasteiger partial charge in [-0.05, 0) is 36.3 Å².